The van der Waals surface area contributed by atoms with Gasteiger partial charge in [0.2, 0.25) is 5.91 Å². The van der Waals surface area contributed by atoms with Crippen LogP contribution in [0.25, 0.3) is 5.82 Å². The Labute approximate surface area is 133 Å². The molecule has 2 aromatic rings. The van der Waals surface area contributed by atoms with Gasteiger partial charge < -0.3 is 10.6 Å². The zero-order valence-corrected chi connectivity index (χ0v) is 12.9. The molecule has 0 atom stereocenters. The van der Waals surface area contributed by atoms with Crippen LogP contribution >= 0.6 is 11.6 Å². The summed E-state index contributed by atoms with van der Waals surface area (Å²) in [6, 6.07) is 4.00. The minimum atomic E-state index is 0.0450. The van der Waals surface area contributed by atoms with Crippen LogP contribution in [-0.2, 0) is 11.2 Å². The Hall–Kier alpha value is -1.92. The number of aromatic nitrogens is 3. The van der Waals surface area contributed by atoms with Gasteiger partial charge in [-0.1, -0.05) is 17.7 Å². The number of carbonyl (C=O) groups is 1. The number of piperidine rings is 1. The third kappa shape index (κ3) is 3.84. The summed E-state index contributed by atoms with van der Waals surface area (Å²) in [5, 5.41) is 11.0. The van der Waals surface area contributed by atoms with E-state index < -0.39 is 0 Å². The van der Waals surface area contributed by atoms with E-state index in [1.807, 2.05) is 12.1 Å². The Morgan fingerprint density at radius 1 is 1.36 bits per heavy atom. The van der Waals surface area contributed by atoms with Gasteiger partial charge >= 0.3 is 0 Å². The van der Waals surface area contributed by atoms with Crippen LogP contribution in [-0.4, -0.2) is 39.8 Å². The molecule has 0 aliphatic carbocycles. The lowest BCUT2D eigenvalue weighted by Gasteiger charge is -2.23. The highest BCUT2D eigenvalue weighted by Gasteiger charge is 2.15. The second-order valence-electron chi connectivity index (χ2n) is 5.40. The van der Waals surface area contributed by atoms with Crippen molar-refractivity contribution in [3.63, 3.8) is 0 Å². The standard InChI is InChI=1S/C15H18ClN5O/c16-12-9-19-21(10-12)14-2-1-11(8-18-14)7-15(22)20-13-3-5-17-6-4-13/h1-2,8-10,13,17H,3-7H2,(H,20,22). The van der Waals surface area contributed by atoms with E-state index in [0.717, 1.165) is 31.5 Å². The first-order valence-electron chi connectivity index (χ1n) is 7.36. The molecule has 1 saturated heterocycles. The number of hydrogen-bond acceptors (Lipinski definition) is 4. The molecule has 2 N–H and O–H groups in total. The van der Waals surface area contributed by atoms with Crippen molar-refractivity contribution < 1.29 is 4.79 Å². The highest BCUT2D eigenvalue weighted by molar-refractivity contribution is 6.30. The topological polar surface area (TPSA) is 71.8 Å². The molecule has 3 heterocycles. The SMILES string of the molecule is O=C(Cc1ccc(-n2cc(Cl)cn2)nc1)NC1CCNCC1. The Morgan fingerprint density at radius 2 is 2.18 bits per heavy atom. The third-order valence-electron chi connectivity index (χ3n) is 3.66. The van der Waals surface area contributed by atoms with E-state index in [4.69, 9.17) is 11.6 Å². The maximum Gasteiger partial charge on any atom is 0.224 e. The monoisotopic (exact) mass is 319 g/mol. The molecule has 7 heteroatoms. The maximum atomic E-state index is 12.0. The molecule has 2 aromatic heterocycles. The first-order chi connectivity index (χ1) is 10.7. The molecular formula is C15H18ClN5O. The van der Waals surface area contributed by atoms with Crippen molar-refractivity contribution >= 4 is 17.5 Å². The zero-order valence-electron chi connectivity index (χ0n) is 12.1. The van der Waals surface area contributed by atoms with Crippen LogP contribution in [0.3, 0.4) is 0 Å². The van der Waals surface area contributed by atoms with Crippen LogP contribution < -0.4 is 10.6 Å². The highest BCUT2D eigenvalue weighted by Crippen LogP contribution is 2.11. The predicted octanol–water partition coefficient (Wildman–Crippen LogP) is 1.33. The maximum absolute atomic E-state index is 12.0. The summed E-state index contributed by atoms with van der Waals surface area (Å²) in [4.78, 5) is 16.4. The van der Waals surface area contributed by atoms with Crippen LogP contribution in [0.15, 0.2) is 30.7 Å². The van der Waals surface area contributed by atoms with E-state index in [-0.39, 0.29) is 11.9 Å². The molecule has 0 bridgehead atoms. The summed E-state index contributed by atoms with van der Waals surface area (Å²) in [6.45, 7) is 1.93. The predicted molar refractivity (Wildman–Crippen MR) is 84.1 cm³/mol. The molecule has 0 aromatic carbocycles. The van der Waals surface area contributed by atoms with Crippen molar-refractivity contribution in [2.45, 2.75) is 25.3 Å². The molecule has 0 saturated carbocycles. The van der Waals surface area contributed by atoms with Gasteiger partial charge in [0.05, 0.1) is 23.8 Å². The van der Waals surface area contributed by atoms with Gasteiger partial charge in [-0.25, -0.2) is 9.67 Å². The van der Waals surface area contributed by atoms with Gasteiger partial charge in [0.15, 0.2) is 5.82 Å². The number of rotatable bonds is 4. The van der Waals surface area contributed by atoms with Crippen molar-refractivity contribution in [2.24, 2.45) is 0 Å². The molecule has 1 aliphatic heterocycles. The number of amides is 1. The molecule has 1 amide bonds. The number of pyridine rings is 1. The van der Waals surface area contributed by atoms with Gasteiger partial charge in [-0.2, -0.15) is 5.10 Å². The molecule has 116 valence electrons. The molecule has 1 fully saturated rings. The van der Waals surface area contributed by atoms with Gasteiger partial charge in [0.25, 0.3) is 0 Å². The van der Waals surface area contributed by atoms with E-state index in [1.54, 1.807) is 23.3 Å². The Bertz CT molecular complexity index is 634. The average molecular weight is 320 g/mol. The summed E-state index contributed by atoms with van der Waals surface area (Å²) < 4.78 is 1.60. The molecular weight excluding hydrogens is 302 g/mol. The average Bonchev–Trinajstić information content (AvgIpc) is 2.95. The number of nitrogens with zero attached hydrogens (tertiary/aromatic N) is 3. The first kappa shape index (κ1) is 15.0. The Morgan fingerprint density at radius 3 is 2.82 bits per heavy atom. The molecule has 22 heavy (non-hydrogen) atoms. The van der Waals surface area contributed by atoms with E-state index in [1.165, 1.54) is 0 Å². The zero-order chi connectivity index (χ0) is 15.4. The van der Waals surface area contributed by atoms with Crippen LogP contribution in [0.2, 0.25) is 5.02 Å². The molecule has 3 rings (SSSR count). The second kappa shape index (κ2) is 6.89. The van der Waals surface area contributed by atoms with Crippen molar-refractivity contribution in [1.82, 2.24) is 25.4 Å². The lowest BCUT2D eigenvalue weighted by atomic mass is 10.1. The van der Waals surface area contributed by atoms with Crippen molar-refractivity contribution in [3.8, 4) is 5.82 Å². The summed E-state index contributed by atoms with van der Waals surface area (Å²) in [7, 11) is 0. The van der Waals surface area contributed by atoms with E-state index >= 15 is 0 Å². The van der Waals surface area contributed by atoms with Gasteiger partial charge in [0.1, 0.15) is 0 Å². The molecule has 0 spiro atoms. The minimum absolute atomic E-state index is 0.0450. The molecule has 1 aliphatic rings. The van der Waals surface area contributed by atoms with Crippen LogP contribution in [0, 0.1) is 0 Å². The number of halogens is 1. The van der Waals surface area contributed by atoms with E-state index in [2.05, 4.69) is 20.7 Å². The van der Waals surface area contributed by atoms with Gasteiger partial charge in [0, 0.05) is 12.2 Å². The number of nitrogens with one attached hydrogen (secondary N) is 2. The molecule has 0 radical (unpaired) electrons. The fourth-order valence-corrected chi connectivity index (χ4v) is 2.65. The van der Waals surface area contributed by atoms with Crippen LogP contribution in [0.5, 0.6) is 0 Å². The second-order valence-corrected chi connectivity index (χ2v) is 5.83. The normalized spacial score (nSPS) is 15.7. The van der Waals surface area contributed by atoms with Gasteiger partial charge in [-0.15, -0.1) is 0 Å². The number of hydrogen-bond donors (Lipinski definition) is 2. The smallest absolute Gasteiger partial charge is 0.224 e. The summed E-state index contributed by atoms with van der Waals surface area (Å²) >= 11 is 5.83. The first-order valence-corrected chi connectivity index (χ1v) is 7.74. The third-order valence-corrected chi connectivity index (χ3v) is 3.86. The lowest BCUT2D eigenvalue weighted by molar-refractivity contribution is -0.121. The Balaban J connectivity index is 1.57. The van der Waals surface area contributed by atoms with E-state index in [0.29, 0.717) is 17.3 Å². The summed E-state index contributed by atoms with van der Waals surface area (Å²) in [5.41, 5.74) is 0.883. The lowest BCUT2D eigenvalue weighted by Crippen LogP contribution is -2.43. The van der Waals surface area contributed by atoms with Gasteiger partial charge in [-0.3, -0.25) is 4.79 Å². The quantitative estimate of drug-likeness (QED) is 0.892. The minimum Gasteiger partial charge on any atom is -0.353 e. The molecule has 0 unspecified atom stereocenters. The Kier molecular flexibility index (Phi) is 4.70. The number of carbonyl (C=O) groups excluding carboxylic acids is 1. The largest absolute Gasteiger partial charge is 0.353 e. The van der Waals surface area contributed by atoms with Crippen LogP contribution in [0.4, 0.5) is 0 Å². The molecule has 6 nitrogen and oxygen atoms in total. The summed E-state index contributed by atoms with van der Waals surface area (Å²) in [5.74, 6) is 0.720. The fraction of sp³-hybridized carbons (Fsp3) is 0.400. The van der Waals surface area contributed by atoms with Crippen molar-refractivity contribution in [1.29, 1.82) is 0 Å². The van der Waals surface area contributed by atoms with Crippen molar-refractivity contribution in [3.05, 3.63) is 41.3 Å². The summed E-state index contributed by atoms with van der Waals surface area (Å²) in [6.07, 6.45) is 7.27. The fourth-order valence-electron chi connectivity index (χ4n) is 2.51. The van der Waals surface area contributed by atoms with Gasteiger partial charge in [-0.05, 0) is 37.6 Å². The van der Waals surface area contributed by atoms with E-state index in [9.17, 15) is 4.79 Å². The van der Waals surface area contributed by atoms with Crippen molar-refractivity contribution in [2.75, 3.05) is 13.1 Å². The highest BCUT2D eigenvalue weighted by atomic mass is 35.5. The van der Waals surface area contributed by atoms with Crippen LogP contribution in [0.1, 0.15) is 18.4 Å².